The summed E-state index contributed by atoms with van der Waals surface area (Å²) in [5.74, 6) is 0.464. The number of hydrogen-bond donors (Lipinski definition) is 2. The van der Waals surface area contributed by atoms with Gasteiger partial charge in [0, 0.05) is 24.7 Å². The van der Waals surface area contributed by atoms with E-state index in [1.165, 1.54) is 0 Å². The van der Waals surface area contributed by atoms with Crippen LogP contribution in [0.5, 0.6) is 0 Å². The quantitative estimate of drug-likeness (QED) is 0.720. The van der Waals surface area contributed by atoms with Crippen molar-refractivity contribution in [2.75, 3.05) is 12.3 Å². The van der Waals surface area contributed by atoms with Crippen molar-refractivity contribution in [1.29, 1.82) is 0 Å². The smallest absolute Gasteiger partial charge is 0.407 e. The third kappa shape index (κ3) is 1.68. The van der Waals surface area contributed by atoms with Gasteiger partial charge in [0.15, 0.2) is 0 Å². The van der Waals surface area contributed by atoms with Gasteiger partial charge in [-0.15, -0.1) is 0 Å². The van der Waals surface area contributed by atoms with Crippen LogP contribution in [0, 0.1) is 0 Å². The lowest BCUT2D eigenvalue weighted by atomic mass is 9.77. The van der Waals surface area contributed by atoms with Crippen LogP contribution in [0.2, 0.25) is 0 Å². The molecule has 1 aliphatic heterocycles. The molecular formula is C12H16N4O2. The lowest BCUT2D eigenvalue weighted by Gasteiger charge is -2.42. The molecule has 0 unspecified atom stereocenters. The zero-order valence-electron chi connectivity index (χ0n) is 10.0. The van der Waals surface area contributed by atoms with Crippen LogP contribution in [0.4, 0.5) is 10.7 Å². The molecule has 2 atom stereocenters. The molecule has 6 heteroatoms. The predicted molar refractivity (Wildman–Crippen MR) is 65.3 cm³/mol. The molecule has 6 nitrogen and oxygen atoms in total. The van der Waals surface area contributed by atoms with E-state index in [0.29, 0.717) is 6.54 Å². The fourth-order valence-corrected chi connectivity index (χ4v) is 3.22. The van der Waals surface area contributed by atoms with Crippen molar-refractivity contribution in [3.8, 4) is 0 Å². The standard InChI is InChI=1S/C12H16N4O2/c13-11-14-6-7-3-4-9-8(10(7)15-11)2-1-5-16(9)12(17)18/h6,8-9H,1-5H2,(H,17,18)(H2,13,14,15)/t8-,9+/m1/s1. The number of anilines is 1. The summed E-state index contributed by atoms with van der Waals surface area (Å²) in [6.45, 7) is 0.631. The van der Waals surface area contributed by atoms with Gasteiger partial charge in [0.25, 0.3) is 0 Å². The number of piperidine rings is 1. The molecule has 1 saturated heterocycles. The van der Waals surface area contributed by atoms with Crippen LogP contribution < -0.4 is 5.73 Å². The molecule has 3 N–H and O–H groups in total. The fraction of sp³-hybridized carbons (Fsp3) is 0.583. The van der Waals surface area contributed by atoms with Crippen molar-refractivity contribution in [2.24, 2.45) is 0 Å². The number of likely N-dealkylation sites (tertiary alicyclic amines) is 1. The highest BCUT2D eigenvalue weighted by Crippen LogP contribution is 2.39. The van der Waals surface area contributed by atoms with Gasteiger partial charge in [-0.25, -0.2) is 14.8 Å². The lowest BCUT2D eigenvalue weighted by molar-refractivity contribution is 0.0888. The van der Waals surface area contributed by atoms with Gasteiger partial charge in [-0.05, 0) is 31.2 Å². The van der Waals surface area contributed by atoms with E-state index < -0.39 is 6.09 Å². The highest BCUT2D eigenvalue weighted by molar-refractivity contribution is 5.66. The van der Waals surface area contributed by atoms with Crippen LogP contribution in [0.3, 0.4) is 0 Å². The molecule has 18 heavy (non-hydrogen) atoms. The van der Waals surface area contributed by atoms with Crippen molar-refractivity contribution < 1.29 is 9.90 Å². The average Bonchev–Trinajstić information content (AvgIpc) is 2.37. The number of hydrogen-bond acceptors (Lipinski definition) is 4. The first kappa shape index (κ1) is 11.3. The maximum atomic E-state index is 11.3. The number of aryl methyl sites for hydroxylation is 1. The van der Waals surface area contributed by atoms with Crippen LogP contribution in [0.15, 0.2) is 6.20 Å². The minimum absolute atomic E-state index is 0.0537. The van der Waals surface area contributed by atoms with Crippen LogP contribution in [0.1, 0.15) is 36.4 Å². The maximum absolute atomic E-state index is 11.3. The lowest BCUT2D eigenvalue weighted by Crippen LogP contribution is -2.49. The van der Waals surface area contributed by atoms with E-state index in [1.54, 1.807) is 11.1 Å². The average molecular weight is 248 g/mol. The molecule has 1 fully saturated rings. The van der Waals surface area contributed by atoms with E-state index >= 15 is 0 Å². The first-order valence-electron chi connectivity index (χ1n) is 6.27. The number of nitrogens with zero attached hydrogens (tertiary/aromatic N) is 3. The Morgan fingerprint density at radius 1 is 1.50 bits per heavy atom. The summed E-state index contributed by atoms with van der Waals surface area (Å²) in [5, 5.41) is 9.25. The van der Waals surface area contributed by atoms with Crippen LogP contribution >= 0.6 is 0 Å². The highest BCUT2D eigenvalue weighted by atomic mass is 16.4. The Balaban J connectivity index is 1.98. The fourth-order valence-electron chi connectivity index (χ4n) is 3.22. The largest absolute Gasteiger partial charge is 0.465 e. The van der Waals surface area contributed by atoms with Gasteiger partial charge in [0.1, 0.15) is 0 Å². The zero-order valence-corrected chi connectivity index (χ0v) is 10.0. The molecule has 0 radical (unpaired) electrons. The molecule has 96 valence electrons. The number of nitrogen functional groups attached to an aromatic ring is 1. The normalized spacial score (nSPS) is 26.3. The number of amides is 1. The Hall–Kier alpha value is -1.85. The van der Waals surface area contributed by atoms with Gasteiger partial charge in [0.2, 0.25) is 5.95 Å². The summed E-state index contributed by atoms with van der Waals surface area (Å²) >= 11 is 0. The maximum Gasteiger partial charge on any atom is 0.407 e. The highest BCUT2D eigenvalue weighted by Gasteiger charge is 2.39. The van der Waals surface area contributed by atoms with E-state index in [0.717, 1.165) is 36.9 Å². The predicted octanol–water partition coefficient (Wildman–Crippen LogP) is 1.23. The van der Waals surface area contributed by atoms with E-state index in [9.17, 15) is 9.90 Å². The van der Waals surface area contributed by atoms with Crippen LogP contribution in [-0.2, 0) is 6.42 Å². The van der Waals surface area contributed by atoms with E-state index in [1.807, 2.05) is 0 Å². The summed E-state index contributed by atoms with van der Waals surface area (Å²) in [6.07, 6.45) is 4.52. The van der Waals surface area contributed by atoms with Crippen molar-refractivity contribution in [1.82, 2.24) is 14.9 Å². The molecule has 1 amide bonds. The number of rotatable bonds is 0. The summed E-state index contributed by atoms with van der Waals surface area (Å²) in [4.78, 5) is 21.2. The Labute approximate surface area is 105 Å². The Kier molecular flexibility index (Phi) is 2.57. The van der Waals surface area contributed by atoms with E-state index in [-0.39, 0.29) is 17.9 Å². The molecule has 1 aromatic heterocycles. The molecule has 0 bridgehead atoms. The zero-order chi connectivity index (χ0) is 12.7. The SMILES string of the molecule is Nc1ncc2c(n1)[C@@H]1CCCN(C(=O)O)[C@H]1CC2. The van der Waals surface area contributed by atoms with Crippen molar-refractivity contribution in [2.45, 2.75) is 37.6 Å². The molecule has 3 rings (SSSR count). The Morgan fingerprint density at radius 2 is 2.33 bits per heavy atom. The van der Waals surface area contributed by atoms with Gasteiger partial charge in [-0.2, -0.15) is 0 Å². The third-order valence-corrected chi connectivity index (χ3v) is 4.00. The number of nitrogens with two attached hydrogens (primary N) is 1. The van der Waals surface area contributed by atoms with E-state index in [2.05, 4.69) is 9.97 Å². The molecule has 2 heterocycles. The summed E-state index contributed by atoms with van der Waals surface area (Å²) in [5.41, 5.74) is 7.73. The second-order valence-electron chi connectivity index (χ2n) is 4.97. The summed E-state index contributed by atoms with van der Waals surface area (Å²) in [7, 11) is 0. The van der Waals surface area contributed by atoms with Gasteiger partial charge in [-0.3, -0.25) is 0 Å². The van der Waals surface area contributed by atoms with Gasteiger partial charge in [-0.1, -0.05) is 0 Å². The second kappa shape index (κ2) is 4.12. The minimum atomic E-state index is -0.824. The van der Waals surface area contributed by atoms with Gasteiger partial charge in [0.05, 0.1) is 5.69 Å². The summed E-state index contributed by atoms with van der Waals surface area (Å²) in [6, 6.07) is 0.0537. The van der Waals surface area contributed by atoms with Crippen molar-refractivity contribution >= 4 is 12.0 Å². The van der Waals surface area contributed by atoms with E-state index in [4.69, 9.17) is 5.73 Å². The number of carbonyl (C=O) groups is 1. The molecule has 1 aliphatic carbocycles. The monoisotopic (exact) mass is 248 g/mol. The molecular weight excluding hydrogens is 232 g/mol. The number of fused-ring (bicyclic) bond motifs is 3. The Morgan fingerprint density at radius 3 is 3.11 bits per heavy atom. The molecule has 0 spiro atoms. The van der Waals surface area contributed by atoms with Crippen LogP contribution in [-0.4, -0.2) is 38.7 Å². The molecule has 1 aromatic rings. The van der Waals surface area contributed by atoms with Gasteiger partial charge >= 0.3 is 6.09 Å². The molecule has 0 saturated carbocycles. The first-order chi connectivity index (χ1) is 8.66. The van der Waals surface area contributed by atoms with Gasteiger partial charge < -0.3 is 15.7 Å². The van der Waals surface area contributed by atoms with Crippen molar-refractivity contribution in [3.63, 3.8) is 0 Å². The first-order valence-corrected chi connectivity index (χ1v) is 6.27. The van der Waals surface area contributed by atoms with Crippen LogP contribution in [0.25, 0.3) is 0 Å². The minimum Gasteiger partial charge on any atom is -0.465 e. The van der Waals surface area contributed by atoms with Crippen molar-refractivity contribution in [3.05, 3.63) is 17.5 Å². The summed E-state index contributed by atoms with van der Waals surface area (Å²) < 4.78 is 0. The third-order valence-electron chi connectivity index (χ3n) is 4.00. The second-order valence-corrected chi connectivity index (χ2v) is 4.97. The molecule has 2 aliphatic rings. The Bertz CT molecular complexity index is 491. The number of aromatic nitrogens is 2. The topological polar surface area (TPSA) is 92.3 Å². The molecule has 0 aromatic carbocycles. The number of carboxylic acid groups (broad SMARTS) is 1.